The SMILES string of the molecule is Cn1c(C(=O)Cc2cccc(-c3cccc(NC(=O)c4nc5c(n4C)CCNC5)c3Cl)c2Cl)nc2c1CCN(C(=O)OC(C)(C)C)C2. The number of halogens is 2. The van der Waals surface area contributed by atoms with Crippen LogP contribution in [0.25, 0.3) is 11.1 Å². The molecule has 4 aromatic rings. The zero-order valence-corrected chi connectivity index (χ0v) is 28.6. The fourth-order valence-electron chi connectivity index (χ4n) is 6.11. The van der Waals surface area contributed by atoms with Crippen LogP contribution in [0.1, 0.15) is 70.3 Å². The molecule has 0 atom stereocenters. The number of carbonyl (C=O) groups excluding carboxylic acids is 3. The van der Waals surface area contributed by atoms with Crippen LogP contribution in [0.15, 0.2) is 36.4 Å². The summed E-state index contributed by atoms with van der Waals surface area (Å²) in [6.07, 6.45) is 0.973. The third kappa shape index (κ3) is 6.52. The zero-order valence-electron chi connectivity index (χ0n) is 27.0. The lowest BCUT2D eigenvalue weighted by molar-refractivity contribution is 0.0220. The molecule has 2 N–H and O–H groups in total. The second-order valence-electron chi connectivity index (χ2n) is 12.9. The van der Waals surface area contributed by atoms with E-state index in [1.54, 1.807) is 27.7 Å². The standard InChI is InChI=1S/C34H37Cl2N7O4/c1-34(2,3)47-33(46)43-15-13-26-24(18-43)39-30(41(26)4)27(44)16-19-8-6-9-20(28(19)35)21-10-7-11-22(29(21)36)40-32(45)31-38-23-17-37-14-12-25(23)42(31)5/h6-11,37H,12-18H2,1-5H3,(H,40,45). The summed E-state index contributed by atoms with van der Waals surface area (Å²) in [5.74, 6) is 0.0486. The first kappa shape index (κ1) is 32.7. The van der Waals surface area contributed by atoms with E-state index in [2.05, 4.69) is 20.6 Å². The molecule has 6 rings (SSSR count). The molecular weight excluding hydrogens is 641 g/mol. The minimum absolute atomic E-state index is 0.0128. The Morgan fingerprint density at radius 2 is 1.57 bits per heavy atom. The van der Waals surface area contributed by atoms with Gasteiger partial charge in [-0.3, -0.25) is 9.59 Å². The molecule has 0 aliphatic carbocycles. The van der Waals surface area contributed by atoms with Gasteiger partial charge in [0.05, 0.1) is 33.7 Å². The minimum atomic E-state index is -0.604. The average molecular weight is 679 g/mol. The highest BCUT2D eigenvalue weighted by Gasteiger charge is 2.30. The number of ketones is 1. The van der Waals surface area contributed by atoms with Crippen molar-refractivity contribution in [2.75, 3.05) is 18.4 Å². The largest absolute Gasteiger partial charge is 0.444 e. The van der Waals surface area contributed by atoms with Crippen LogP contribution in [0.5, 0.6) is 0 Å². The van der Waals surface area contributed by atoms with E-state index in [0.29, 0.717) is 69.3 Å². The Bertz CT molecular complexity index is 1910. The van der Waals surface area contributed by atoms with E-state index in [4.69, 9.17) is 27.9 Å². The third-order valence-corrected chi connectivity index (χ3v) is 9.31. The number of Topliss-reactive ketones (excluding diaryl/α,β-unsaturated/α-hetero) is 1. The van der Waals surface area contributed by atoms with Crippen LogP contribution in [0.4, 0.5) is 10.5 Å². The van der Waals surface area contributed by atoms with Crippen molar-refractivity contribution in [1.29, 1.82) is 0 Å². The third-order valence-electron chi connectivity index (χ3n) is 8.45. The summed E-state index contributed by atoms with van der Waals surface area (Å²) in [6.45, 7) is 7.69. The van der Waals surface area contributed by atoms with Crippen LogP contribution < -0.4 is 10.6 Å². The van der Waals surface area contributed by atoms with Crippen LogP contribution >= 0.6 is 23.2 Å². The summed E-state index contributed by atoms with van der Waals surface area (Å²) in [6, 6.07) is 10.8. The molecule has 2 aromatic carbocycles. The quantitative estimate of drug-likeness (QED) is 0.249. The summed E-state index contributed by atoms with van der Waals surface area (Å²) < 4.78 is 9.16. The zero-order chi connectivity index (χ0) is 33.6. The lowest BCUT2D eigenvalue weighted by atomic mass is 9.99. The lowest BCUT2D eigenvalue weighted by Crippen LogP contribution is -2.40. The smallest absolute Gasteiger partial charge is 0.410 e. The Labute approximate surface area is 283 Å². The molecule has 0 saturated heterocycles. The van der Waals surface area contributed by atoms with Gasteiger partial charge >= 0.3 is 6.09 Å². The average Bonchev–Trinajstić information content (AvgIpc) is 3.55. The van der Waals surface area contributed by atoms with Crippen molar-refractivity contribution in [2.24, 2.45) is 14.1 Å². The number of nitrogens with zero attached hydrogens (tertiary/aromatic N) is 5. The molecule has 2 aliphatic heterocycles. The van der Waals surface area contributed by atoms with Crippen LogP contribution in [-0.4, -0.2) is 60.5 Å². The summed E-state index contributed by atoms with van der Waals surface area (Å²) in [5.41, 5.74) is 5.18. The molecule has 0 radical (unpaired) electrons. The van der Waals surface area contributed by atoms with Gasteiger partial charge < -0.3 is 29.4 Å². The molecule has 4 heterocycles. The van der Waals surface area contributed by atoms with Gasteiger partial charge in [-0.1, -0.05) is 53.5 Å². The van der Waals surface area contributed by atoms with Gasteiger partial charge in [0.25, 0.3) is 5.91 Å². The second-order valence-corrected chi connectivity index (χ2v) is 13.6. The Kier molecular flexibility index (Phi) is 8.90. The van der Waals surface area contributed by atoms with Crippen molar-refractivity contribution in [1.82, 2.24) is 29.3 Å². The molecule has 2 aliphatic rings. The predicted octanol–water partition coefficient (Wildman–Crippen LogP) is 5.74. The molecule has 0 fully saturated rings. The molecule has 11 nitrogen and oxygen atoms in total. The highest BCUT2D eigenvalue weighted by molar-refractivity contribution is 6.39. The molecule has 47 heavy (non-hydrogen) atoms. The molecule has 246 valence electrons. The van der Waals surface area contributed by atoms with Crippen molar-refractivity contribution in [3.05, 3.63) is 86.4 Å². The van der Waals surface area contributed by atoms with Gasteiger partial charge in [0.15, 0.2) is 11.6 Å². The van der Waals surface area contributed by atoms with Gasteiger partial charge in [0, 0.05) is 75.5 Å². The number of nitrogens with one attached hydrogen (secondary N) is 2. The van der Waals surface area contributed by atoms with Gasteiger partial charge in [-0.15, -0.1) is 0 Å². The normalized spacial score (nSPS) is 14.4. The Balaban J connectivity index is 1.20. The number of imidazole rings is 2. The van der Waals surface area contributed by atoms with Gasteiger partial charge in [0.1, 0.15) is 5.60 Å². The Hall–Kier alpha value is -4.19. The van der Waals surface area contributed by atoms with Gasteiger partial charge in [-0.2, -0.15) is 0 Å². The summed E-state index contributed by atoms with van der Waals surface area (Å²) in [4.78, 5) is 50.3. The molecule has 0 saturated carbocycles. The van der Waals surface area contributed by atoms with E-state index >= 15 is 0 Å². The molecular formula is C34H37Cl2N7O4. The number of aromatic nitrogens is 4. The monoisotopic (exact) mass is 677 g/mol. The number of anilines is 1. The molecule has 0 bridgehead atoms. The first-order chi connectivity index (χ1) is 22.3. The minimum Gasteiger partial charge on any atom is -0.444 e. The predicted molar refractivity (Wildman–Crippen MR) is 180 cm³/mol. The van der Waals surface area contributed by atoms with Crippen molar-refractivity contribution < 1.29 is 19.1 Å². The highest BCUT2D eigenvalue weighted by Crippen LogP contribution is 2.39. The molecule has 2 amide bonds. The molecule has 13 heteroatoms. The molecule has 2 aromatic heterocycles. The first-order valence-electron chi connectivity index (χ1n) is 15.5. The summed E-state index contributed by atoms with van der Waals surface area (Å²) >= 11 is 13.8. The van der Waals surface area contributed by atoms with Crippen molar-refractivity contribution in [2.45, 2.75) is 58.7 Å². The number of ether oxygens (including phenoxy) is 1. The Morgan fingerprint density at radius 1 is 0.915 bits per heavy atom. The van der Waals surface area contributed by atoms with E-state index in [0.717, 1.165) is 30.0 Å². The molecule has 0 unspecified atom stereocenters. The number of hydrogen-bond donors (Lipinski definition) is 2. The van der Waals surface area contributed by atoms with Gasteiger partial charge in [-0.25, -0.2) is 14.8 Å². The maximum atomic E-state index is 13.6. The van der Waals surface area contributed by atoms with E-state index in [1.807, 2.05) is 57.6 Å². The number of carbonyl (C=O) groups is 3. The number of amides is 2. The fourth-order valence-corrected chi connectivity index (χ4v) is 6.68. The summed E-state index contributed by atoms with van der Waals surface area (Å²) in [5, 5.41) is 6.88. The number of benzene rings is 2. The second kappa shape index (κ2) is 12.8. The van der Waals surface area contributed by atoms with E-state index in [9.17, 15) is 14.4 Å². The highest BCUT2D eigenvalue weighted by atomic mass is 35.5. The van der Waals surface area contributed by atoms with Crippen LogP contribution in [0, 0.1) is 0 Å². The van der Waals surface area contributed by atoms with E-state index in [1.165, 1.54) is 0 Å². The molecule has 0 spiro atoms. The van der Waals surface area contributed by atoms with Gasteiger partial charge in [0.2, 0.25) is 5.78 Å². The first-order valence-corrected chi connectivity index (χ1v) is 16.3. The number of fused-ring (bicyclic) bond motifs is 2. The maximum absolute atomic E-state index is 13.6. The van der Waals surface area contributed by atoms with Crippen molar-refractivity contribution in [3.8, 4) is 11.1 Å². The topological polar surface area (TPSA) is 123 Å². The van der Waals surface area contributed by atoms with E-state index in [-0.39, 0.29) is 24.7 Å². The number of rotatable bonds is 6. The van der Waals surface area contributed by atoms with E-state index < -0.39 is 11.7 Å². The fraction of sp³-hybridized carbons (Fsp3) is 0.382. The number of hydrogen-bond acceptors (Lipinski definition) is 7. The lowest BCUT2D eigenvalue weighted by Gasteiger charge is -2.29. The van der Waals surface area contributed by atoms with Crippen molar-refractivity contribution >= 4 is 46.7 Å². The van der Waals surface area contributed by atoms with Crippen LogP contribution in [-0.2, 0) is 51.2 Å². The maximum Gasteiger partial charge on any atom is 0.410 e. The summed E-state index contributed by atoms with van der Waals surface area (Å²) in [7, 11) is 3.66. The van der Waals surface area contributed by atoms with Crippen LogP contribution in [0.3, 0.4) is 0 Å². The Morgan fingerprint density at radius 3 is 2.30 bits per heavy atom. The van der Waals surface area contributed by atoms with Crippen LogP contribution in [0.2, 0.25) is 10.0 Å². The van der Waals surface area contributed by atoms with Gasteiger partial charge in [-0.05, 0) is 32.4 Å². The van der Waals surface area contributed by atoms with Crippen molar-refractivity contribution in [3.63, 3.8) is 0 Å².